The number of carbonyl (C=O) groups is 2. The van der Waals surface area contributed by atoms with E-state index in [2.05, 4.69) is 76.2 Å². The van der Waals surface area contributed by atoms with Crippen molar-refractivity contribution in [1.82, 2.24) is 10.6 Å². The third-order valence-corrected chi connectivity index (χ3v) is 6.33. The van der Waals surface area contributed by atoms with E-state index < -0.39 is 0 Å². The molecule has 0 radical (unpaired) electrons. The first kappa shape index (κ1) is 29.6. The van der Waals surface area contributed by atoms with Crippen molar-refractivity contribution in [3.05, 3.63) is 60.7 Å². The van der Waals surface area contributed by atoms with Crippen molar-refractivity contribution in [3.63, 3.8) is 0 Å². The van der Waals surface area contributed by atoms with Gasteiger partial charge >= 0.3 is 0 Å². The van der Waals surface area contributed by atoms with Crippen molar-refractivity contribution in [2.75, 3.05) is 67.5 Å². The SMILES string of the molecule is C=CC(=O)NCCC[N+](C)(C)CCCc1ccc(CCC[N+](C)(C)CCCNC(=O)C=C)cc1. The highest BCUT2D eigenvalue weighted by atomic mass is 16.2. The van der Waals surface area contributed by atoms with E-state index in [0.717, 1.165) is 73.7 Å². The van der Waals surface area contributed by atoms with Crippen molar-refractivity contribution < 1.29 is 18.6 Å². The Kier molecular flexibility index (Phi) is 13.5. The maximum Gasteiger partial charge on any atom is 0.243 e. The average Bonchev–Trinajstić information content (AvgIpc) is 2.80. The molecule has 6 heteroatoms. The minimum Gasteiger partial charge on any atom is -0.352 e. The molecule has 34 heavy (non-hydrogen) atoms. The van der Waals surface area contributed by atoms with Crippen LogP contribution in [0.4, 0.5) is 0 Å². The summed E-state index contributed by atoms with van der Waals surface area (Å²) in [6.07, 6.45) is 9.10. The molecule has 1 aromatic rings. The highest BCUT2D eigenvalue weighted by Crippen LogP contribution is 2.12. The minimum atomic E-state index is -0.0947. The Morgan fingerprint density at radius 2 is 1.00 bits per heavy atom. The lowest BCUT2D eigenvalue weighted by molar-refractivity contribution is -0.890. The molecule has 2 N–H and O–H groups in total. The lowest BCUT2D eigenvalue weighted by Gasteiger charge is -2.30. The van der Waals surface area contributed by atoms with E-state index in [-0.39, 0.29) is 11.8 Å². The molecule has 0 saturated carbocycles. The van der Waals surface area contributed by atoms with Crippen LogP contribution >= 0.6 is 0 Å². The second-order valence-corrected chi connectivity index (χ2v) is 10.5. The monoisotopic (exact) mass is 472 g/mol. The summed E-state index contributed by atoms with van der Waals surface area (Å²) < 4.78 is 1.94. The fourth-order valence-electron chi connectivity index (χ4n) is 4.10. The fraction of sp³-hybridized carbons (Fsp3) is 0.571. The summed E-state index contributed by atoms with van der Waals surface area (Å²) in [5, 5.41) is 5.69. The number of aryl methyl sites for hydroxylation is 2. The second-order valence-electron chi connectivity index (χ2n) is 10.5. The number of carbonyl (C=O) groups excluding carboxylic acids is 2. The number of rotatable bonds is 18. The van der Waals surface area contributed by atoms with Gasteiger partial charge < -0.3 is 19.6 Å². The number of nitrogens with zero attached hydrogens (tertiary/aromatic N) is 2. The zero-order valence-corrected chi connectivity index (χ0v) is 22.1. The Morgan fingerprint density at radius 3 is 1.32 bits per heavy atom. The maximum absolute atomic E-state index is 11.2. The van der Waals surface area contributed by atoms with Gasteiger partial charge in [0.2, 0.25) is 11.8 Å². The maximum atomic E-state index is 11.2. The molecule has 0 aliphatic carbocycles. The normalized spacial score (nSPS) is 11.6. The standard InChI is InChI=1S/C28H46N4O2/c1-7-27(33)29-19-11-23-31(3,4)21-9-13-25-15-17-26(18-16-25)14-10-22-32(5,6)24-12-20-30-28(34)8-2/h7-8,15-18H,1-2,9-14,19-24H2,3-6H3/p+2. The summed E-state index contributed by atoms with van der Waals surface area (Å²) in [4.78, 5) is 22.4. The molecule has 0 aromatic heterocycles. The van der Waals surface area contributed by atoms with E-state index in [1.54, 1.807) is 0 Å². The Labute approximate surface area is 207 Å². The third kappa shape index (κ3) is 14.0. The molecule has 0 bridgehead atoms. The van der Waals surface area contributed by atoms with E-state index in [1.165, 1.54) is 23.3 Å². The van der Waals surface area contributed by atoms with Crippen LogP contribution in [0.25, 0.3) is 0 Å². The van der Waals surface area contributed by atoms with Gasteiger partial charge in [-0.25, -0.2) is 0 Å². The second kappa shape index (κ2) is 15.5. The lowest BCUT2D eigenvalue weighted by Crippen LogP contribution is -2.42. The van der Waals surface area contributed by atoms with Crippen LogP contribution in [0.2, 0.25) is 0 Å². The highest BCUT2D eigenvalue weighted by Gasteiger charge is 2.15. The van der Waals surface area contributed by atoms with Gasteiger partial charge in [0.05, 0.1) is 54.4 Å². The van der Waals surface area contributed by atoms with Gasteiger partial charge in [-0.3, -0.25) is 9.59 Å². The average molecular weight is 473 g/mol. The molecule has 0 atom stereocenters. The minimum absolute atomic E-state index is 0.0947. The fourth-order valence-corrected chi connectivity index (χ4v) is 4.10. The molecule has 0 fully saturated rings. The van der Waals surface area contributed by atoms with E-state index in [1.807, 2.05) is 0 Å². The van der Waals surface area contributed by atoms with E-state index >= 15 is 0 Å². The van der Waals surface area contributed by atoms with Crippen LogP contribution in [0, 0.1) is 0 Å². The molecule has 0 spiro atoms. The van der Waals surface area contributed by atoms with Crippen molar-refractivity contribution in [1.29, 1.82) is 0 Å². The molecule has 2 amide bonds. The van der Waals surface area contributed by atoms with Crippen LogP contribution in [-0.4, -0.2) is 88.2 Å². The Morgan fingerprint density at radius 1 is 0.676 bits per heavy atom. The molecular weight excluding hydrogens is 424 g/mol. The number of quaternary nitrogens is 2. The highest BCUT2D eigenvalue weighted by molar-refractivity contribution is 5.87. The van der Waals surface area contributed by atoms with Crippen LogP contribution in [0.3, 0.4) is 0 Å². The van der Waals surface area contributed by atoms with Crippen molar-refractivity contribution in [2.45, 2.75) is 38.5 Å². The number of benzene rings is 1. The lowest BCUT2D eigenvalue weighted by atomic mass is 10.0. The van der Waals surface area contributed by atoms with Gasteiger partial charge in [0.25, 0.3) is 0 Å². The number of hydrogen-bond acceptors (Lipinski definition) is 2. The molecule has 1 aromatic carbocycles. The summed E-state index contributed by atoms with van der Waals surface area (Å²) in [5.74, 6) is -0.189. The van der Waals surface area contributed by atoms with E-state index in [9.17, 15) is 9.59 Å². The van der Waals surface area contributed by atoms with Gasteiger partial charge in [-0.05, 0) is 36.1 Å². The number of hydrogen-bond donors (Lipinski definition) is 2. The predicted octanol–water partition coefficient (Wildman–Crippen LogP) is 3.09. The molecule has 0 saturated heterocycles. The topological polar surface area (TPSA) is 58.2 Å². The molecular formula is C28H48N4O2+2. The van der Waals surface area contributed by atoms with Crippen molar-refractivity contribution in [3.8, 4) is 0 Å². The van der Waals surface area contributed by atoms with E-state index in [0.29, 0.717) is 13.1 Å². The van der Waals surface area contributed by atoms with Crippen LogP contribution in [0.5, 0.6) is 0 Å². The number of amides is 2. The van der Waals surface area contributed by atoms with Gasteiger partial charge in [-0.2, -0.15) is 0 Å². The van der Waals surface area contributed by atoms with Crippen LogP contribution in [0.15, 0.2) is 49.6 Å². The summed E-state index contributed by atoms with van der Waals surface area (Å²) in [6, 6.07) is 9.12. The summed E-state index contributed by atoms with van der Waals surface area (Å²) in [5.41, 5.74) is 2.80. The van der Waals surface area contributed by atoms with Gasteiger partial charge in [-0.15, -0.1) is 0 Å². The summed E-state index contributed by atoms with van der Waals surface area (Å²) in [6.45, 7) is 12.7. The smallest absolute Gasteiger partial charge is 0.243 e. The third-order valence-electron chi connectivity index (χ3n) is 6.33. The first-order valence-electron chi connectivity index (χ1n) is 12.6. The summed E-state index contributed by atoms with van der Waals surface area (Å²) in [7, 11) is 9.04. The molecule has 6 nitrogen and oxygen atoms in total. The van der Waals surface area contributed by atoms with Crippen LogP contribution in [-0.2, 0) is 22.4 Å². The van der Waals surface area contributed by atoms with Crippen LogP contribution in [0.1, 0.15) is 36.8 Å². The molecule has 190 valence electrons. The largest absolute Gasteiger partial charge is 0.352 e. The van der Waals surface area contributed by atoms with Gasteiger partial charge in [0.1, 0.15) is 0 Å². The molecule has 0 heterocycles. The molecule has 0 aliphatic rings. The van der Waals surface area contributed by atoms with Crippen molar-refractivity contribution in [2.24, 2.45) is 0 Å². The Hall–Kier alpha value is -2.44. The quantitative estimate of drug-likeness (QED) is 0.196. The van der Waals surface area contributed by atoms with Gasteiger partial charge in [-0.1, -0.05) is 37.4 Å². The first-order valence-corrected chi connectivity index (χ1v) is 12.6. The molecule has 0 aliphatic heterocycles. The van der Waals surface area contributed by atoms with Gasteiger partial charge in [0, 0.05) is 38.8 Å². The predicted molar refractivity (Wildman–Crippen MR) is 142 cm³/mol. The summed E-state index contributed by atoms with van der Waals surface area (Å²) >= 11 is 0. The molecule has 1 rings (SSSR count). The zero-order valence-electron chi connectivity index (χ0n) is 22.1. The van der Waals surface area contributed by atoms with Gasteiger partial charge in [0.15, 0.2) is 0 Å². The Bertz CT molecular complexity index is 704. The Balaban J connectivity index is 2.25. The molecule has 0 unspecified atom stereocenters. The first-order chi connectivity index (χ1) is 16.1. The van der Waals surface area contributed by atoms with Crippen molar-refractivity contribution >= 4 is 11.8 Å². The zero-order chi connectivity index (χ0) is 25.5. The number of nitrogens with one attached hydrogen (secondary N) is 2. The van der Waals surface area contributed by atoms with E-state index in [4.69, 9.17) is 0 Å². The van der Waals surface area contributed by atoms with Crippen LogP contribution < -0.4 is 10.6 Å².